The first-order chi connectivity index (χ1) is 15.5. The summed E-state index contributed by atoms with van der Waals surface area (Å²) in [5, 5.41) is 21.9. The maximum absolute atomic E-state index is 12.8. The standard InChI is InChI=1S/C21H30N8O3/c1-15(2)29-14-24-27-20(29)17-5-4-6-18(25-17)26-21(30)16(19(22)31-3)13-23-7-8-28-9-11-32-12-10-28/h4-6,13-15,22-23H,7-12H2,1-3H3,(H,25,26,30)/b16-13+,22-19?. The van der Waals surface area contributed by atoms with Gasteiger partial charge >= 0.3 is 0 Å². The first kappa shape index (κ1) is 23.4. The van der Waals surface area contributed by atoms with E-state index in [9.17, 15) is 4.79 Å². The number of methoxy groups -OCH3 is 1. The highest BCUT2D eigenvalue weighted by molar-refractivity contribution is 6.21. The van der Waals surface area contributed by atoms with E-state index in [1.54, 1.807) is 24.5 Å². The Balaban J connectivity index is 1.66. The zero-order chi connectivity index (χ0) is 22.9. The lowest BCUT2D eigenvalue weighted by molar-refractivity contribution is -0.112. The first-order valence-electron chi connectivity index (χ1n) is 10.5. The number of rotatable bonds is 9. The highest BCUT2D eigenvalue weighted by Crippen LogP contribution is 2.20. The second-order valence-electron chi connectivity index (χ2n) is 7.52. The van der Waals surface area contributed by atoms with Crippen LogP contribution in [0.5, 0.6) is 0 Å². The van der Waals surface area contributed by atoms with E-state index in [0.29, 0.717) is 23.9 Å². The molecule has 32 heavy (non-hydrogen) atoms. The van der Waals surface area contributed by atoms with E-state index in [1.165, 1.54) is 13.3 Å². The monoisotopic (exact) mass is 442 g/mol. The van der Waals surface area contributed by atoms with Gasteiger partial charge in [-0.3, -0.25) is 15.1 Å². The molecule has 2 aromatic heterocycles. The van der Waals surface area contributed by atoms with E-state index < -0.39 is 5.91 Å². The molecule has 0 saturated carbocycles. The third kappa shape index (κ3) is 6.11. The summed E-state index contributed by atoms with van der Waals surface area (Å²) < 4.78 is 12.2. The van der Waals surface area contributed by atoms with Crippen molar-refractivity contribution in [1.29, 1.82) is 5.41 Å². The number of nitrogens with one attached hydrogen (secondary N) is 3. The summed E-state index contributed by atoms with van der Waals surface area (Å²) in [6, 6.07) is 5.43. The van der Waals surface area contributed by atoms with Crippen LogP contribution in [0, 0.1) is 5.41 Å². The molecule has 0 radical (unpaired) electrons. The molecule has 1 aliphatic rings. The van der Waals surface area contributed by atoms with Crippen LogP contribution in [0.3, 0.4) is 0 Å². The third-order valence-corrected chi connectivity index (χ3v) is 4.97. The Bertz CT molecular complexity index is 950. The maximum atomic E-state index is 12.8. The molecule has 0 unspecified atom stereocenters. The number of aromatic nitrogens is 4. The Labute approximate surface area is 187 Å². The molecular weight excluding hydrogens is 412 g/mol. The number of morpholine rings is 1. The minimum Gasteiger partial charge on any atom is -0.481 e. The molecule has 1 aliphatic heterocycles. The minimum absolute atomic E-state index is 0.0760. The lowest BCUT2D eigenvalue weighted by Crippen LogP contribution is -2.39. The highest BCUT2D eigenvalue weighted by atomic mass is 16.5. The van der Waals surface area contributed by atoms with Crippen molar-refractivity contribution in [2.45, 2.75) is 19.9 Å². The van der Waals surface area contributed by atoms with Gasteiger partial charge in [0, 0.05) is 38.4 Å². The fourth-order valence-electron chi connectivity index (χ4n) is 3.18. The first-order valence-corrected chi connectivity index (χ1v) is 10.5. The second-order valence-corrected chi connectivity index (χ2v) is 7.52. The molecule has 0 spiro atoms. The van der Waals surface area contributed by atoms with E-state index in [-0.39, 0.29) is 17.5 Å². The van der Waals surface area contributed by atoms with Crippen LogP contribution >= 0.6 is 0 Å². The lowest BCUT2D eigenvalue weighted by atomic mass is 10.2. The van der Waals surface area contributed by atoms with E-state index in [2.05, 4.69) is 30.7 Å². The molecular formula is C21H30N8O3. The summed E-state index contributed by atoms with van der Waals surface area (Å²) >= 11 is 0. The van der Waals surface area contributed by atoms with Gasteiger partial charge in [0.2, 0.25) is 5.90 Å². The van der Waals surface area contributed by atoms with Crippen molar-refractivity contribution in [2.24, 2.45) is 0 Å². The van der Waals surface area contributed by atoms with E-state index in [1.807, 2.05) is 18.4 Å². The van der Waals surface area contributed by atoms with Crippen LogP contribution < -0.4 is 10.6 Å². The van der Waals surface area contributed by atoms with Gasteiger partial charge in [-0.1, -0.05) is 6.07 Å². The fraction of sp³-hybridized carbons (Fsp3) is 0.476. The molecule has 0 aromatic carbocycles. The number of carbonyl (C=O) groups excluding carboxylic acids is 1. The van der Waals surface area contributed by atoms with Gasteiger partial charge in [0.05, 0.1) is 20.3 Å². The molecule has 3 heterocycles. The van der Waals surface area contributed by atoms with Crippen LogP contribution in [0.1, 0.15) is 19.9 Å². The Kier molecular flexibility index (Phi) is 8.28. The number of ether oxygens (including phenoxy) is 2. The molecule has 1 saturated heterocycles. The maximum Gasteiger partial charge on any atom is 0.263 e. The fourth-order valence-corrected chi connectivity index (χ4v) is 3.18. The summed E-state index contributed by atoms with van der Waals surface area (Å²) in [5.41, 5.74) is 0.664. The number of carbonyl (C=O) groups is 1. The van der Waals surface area contributed by atoms with E-state index >= 15 is 0 Å². The topological polar surface area (TPSA) is 130 Å². The quantitative estimate of drug-likeness (QED) is 0.229. The molecule has 2 aromatic rings. The summed E-state index contributed by atoms with van der Waals surface area (Å²) in [6.07, 6.45) is 3.15. The van der Waals surface area contributed by atoms with Crippen molar-refractivity contribution in [3.63, 3.8) is 0 Å². The molecule has 0 atom stereocenters. The van der Waals surface area contributed by atoms with Gasteiger partial charge in [0.15, 0.2) is 5.82 Å². The molecule has 11 heteroatoms. The Morgan fingerprint density at radius 1 is 1.34 bits per heavy atom. The van der Waals surface area contributed by atoms with Crippen LogP contribution in [0.4, 0.5) is 5.82 Å². The van der Waals surface area contributed by atoms with Crippen molar-refractivity contribution in [3.05, 3.63) is 36.3 Å². The zero-order valence-corrected chi connectivity index (χ0v) is 18.7. The van der Waals surface area contributed by atoms with Crippen molar-refractivity contribution < 1.29 is 14.3 Å². The molecule has 1 amide bonds. The van der Waals surface area contributed by atoms with Crippen molar-refractivity contribution in [1.82, 2.24) is 30.0 Å². The van der Waals surface area contributed by atoms with Gasteiger partial charge < -0.3 is 24.7 Å². The van der Waals surface area contributed by atoms with Gasteiger partial charge in [-0.25, -0.2) is 4.98 Å². The van der Waals surface area contributed by atoms with Crippen LogP contribution in [0.15, 0.2) is 36.3 Å². The number of hydrogen-bond donors (Lipinski definition) is 3. The van der Waals surface area contributed by atoms with Gasteiger partial charge in [-0.15, -0.1) is 10.2 Å². The smallest absolute Gasteiger partial charge is 0.263 e. The lowest BCUT2D eigenvalue weighted by Gasteiger charge is -2.26. The Morgan fingerprint density at radius 2 is 2.12 bits per heavy atom. The number of anilines is 1. The van der Waals surface area contributed by atoms with Gasteiger partial charge in [0.1, 0.15) is 23.4 Å². The van der Waals surface area contributed by atoms with Crippen molar-refractivity contribution in [2.75, 3.05) is 51.8 Å². The second kappa shape index (κ2) is 11.3. The Morgan fingerprint density at radius 3 is 2.84 bits per heavy atom. The van der Waals surface area contributed by atoms with Gasteiger partial charge in [-0.2, -0.15) is 0 Å². The molecule has 3 rings (SSSR count). The van der Waals surface area contributed by atoms with E-state index in [4.69, 9.17) is 14.9 Å². The SMILES string of the molecule is COC(=N)/C(=C\NCCN1CCOCC1)C(=O)Nc1cccc(-c2nncn2C(C)C)n1. The number of hydrogen-bond acceptors (Lipinski definition) is 9. The van der Waals surface area contributed by atoms with Crippen LogP contribution in [0.2, 0.25) is 0 Å². The summed E-state index contributed by atoms with van der Waals surface area (Å²) in [4.78, 5) is 19.6. The summed E-state index contributed by atoms with van der Waals surface area (Å²) in [7, 11) is 1.36. The van der Waals surface area contributed by atoms with E-state index in [0.717, 1.165) is 32.8 Å². The van der Waals surface area contributed by atoms with Crippen molar-refractivity contribution in [3.8, 4) is 11.5 Å². The zero-order valence-electron chi connectivity index (χ0n) is 18.7. The third-order valence-electron chi connectivity index (χ3n) is 4.97. The van der Waals surface area contributed by atoms with Crippen LogP contribution in [0.25, 0.3) is 11.5 Å². The van der Waals surface area contributed by atoms with Gasteiger partial charge in [-0.05, 0) is 26.0 Å². The summed E-state index contributed by atoms with van der Waals surface area (Å²) in [6.45, 7) is 8.74. The number of amides is 1. The predicted molar refractivity (Wildman–Crippen MR) is 120 cm³/mol. The molecule has 0 bridgehead atoms. The van der Waals surface area contributed by atoms with Crippen LogP contribution in [-0.4, -0.2) is 83.0 Å². The minimum atomic E-state index is -0.495. The molecule has 0 aliphatic carbocycles. The molecule has 172 valence electrons. The average Bonchev–Trinajstić information content (AvgIpc) is 3.30. The van der Waals surface area contributed by atoms with Crippen molar-refractivity contribution >= 4 is 17.6 Å². The van der Waals surface area contributed by atoms with Gasteiger partial charge in [0.25, 0.3) is 5.91 Å². The predicted octanol–water partition coefficient (Wildman–Crippen LogP) is 1.29. The summed E-state index contributed by atoms with van der Waals surface area (Å²) in [5.74, 6) is 0.220. The average molecular weight is 443 g/mol. The molecule has 1 fully saturated rings. The van der Waals surface area contributed by atoms with Crippen LogP contribution in [-0.2, 0) is 14.3 Å². The number of nitrogens with zero attached hydrogens (tertiary/aromatic N) is 5. The Hall–Kier alpha value is -3.31. The molecule has 11 nitrogen and oxygen atoms in total. The molecule has 3 N–H and O–H groups in total. The normalized spacial score (nSPS) is 14.9. The largest absolute Gasteiger partial charge is 0.481 e. The number of pyridine rings is 1. The highest BCUT2D eigenvalue weighted by Gasteiger charge is 2.18.